The Bertz CT molecular complexity index is 3130. The number of nitrogens with zero attached hydrogens (tertiary/aromatic N) is 3. The van der Waals surface area contributed by atoms with Crippen molar-refractivity contribution in [3.05, 3.63) is 187 Å². The molecule has 3 aromatic heterocycles. The maximum atomic E-state index is 14.7. The smallest absolute Gasteiger partial charge is 0.309 e. The number of para-hydroxylation sites is 2. The van der Waals surface area contributed by atoms with E-state index in [-0.39, 0.29) is 0 Å². The van der Waals surface area contributed by atoms with Gasteiger partial charge in [0.2, 0.25) is 0 Å². The van der Waals surface area contributed by atoms with Gasteiger partial charge in [0.1, 0.15) is 0 Å². The fraction of sp³-hybridized carbons (Fsp3) is 0.0600. The lowest BCUT2D eigenvalue weighted by molar-refractivity contribution is -0.137. The fourth-order valence-electron chi connectivity index (χ4n) is 8.20. The topological polar surface area (TPSA) is 22.8 Å². The van der Waals surface area contributed by atoms with Gasteiger partial charge in [-0.25, -0.2) is 0 Å². The quantitative estimate of drug-likeness (QED) is 0.173. The van der Waals surface area contributed by atoms with E-state index >= 15 is 0 Å². The second kappa shape index (κ2) is 12.8. The van der Waals surface area contributed by atoms with E-state index in [0.717, 1.165) is 65.9 Å². The van der Waals surface area contributed by atoms with Crippen LogP contribution in [0.25, 0.3) is 88.5 Å². The molecule has 56 heavy (non-hydrogen) atoms. The van der Waals surface area contributed by atoms with E-state index in [2.05, 4.69) is 126 Å². The zero-order chi connectivity index (χ0) is 38.1. The number of hydrogen-bond donors (Lipinski definition) is 0. The minimum atomic E-state index is -4.56. The third-order valence-electron chi connectivity index (χ3n) is 11.0. The lowest BCUT2D eigenvalue weighted by Gasteiger charge is -2.19. The van der Waals surface area contributed by atoms with E-state index in [9.17, 15) is 13.2 Å². The van der Waals surface area contributed by atoms with Crippen molar-refractivity contribution in [2.24, 2.45) is 0 Å². The van der Waals surface area contributed by atoms with Gasteiger partial charge in [0.15, 0.2) is 0 Å². The summed E-state index contributed by atoms with van der Waals surface area (Å²) in [5.41, 5.74) is 11.8. The number of rotatable bonds is 5. The molecule has 0 aliphatic rings. The summed E-state index contributed by atoms with van der Waals surface area (Å²) in [6, 6.07) is 53.7. The van der Waals surface area contributed by atoms with Crippen LogP contribution in [0, 0.1) is 13.8 Å². The molecule has 0 aliphatic carbocycles. The average Bonchev–Trinajstić information content (AvgIpc) is 3.73. The van der Waals surface area contributed by atoms with Gasteiger partial charge >= 0.3 is 6.18 Å². The number of aryl methyl sites for hydroxylation is 2. The molecule has 0 fully saturated rings. The van der Waals surface area contributed by atoms with Crippen molar-refractivity contribution in [2.45, 2.75) is 20.0 Å². The first-order valence-corrected chi connectivity index (χ1v) is 18.6. The maximum absolute atomic E-state index is 14.7. The molecule has 0 radical (unpaired) electrons. The standard InChI is InChI=1S/C50H34F3N3/c1-31-13-17-33(18-14-31)35-21-24-45-40(28-35)38-8-3-5-10-43(38)55(45)47-26-23-37(50(51,52)53)30-42(47)49-48(12-7-27-54-49)56-44-11-6-4-9-39(44)41-29-36(22-25-46(41)56)34-19-15-32(2)16-20-34/h3-30H,1-2H3. The Morgan fingerprint density at radius 3 is 1.45 bits per heavy atom. The van der Waals surface area contributed by atoms with Crippen molar-refractivity contribution in [3.63, 3.8) is 0 Å². The molecule has 0 spiro atoms. The van der Waals surface area contributed by atoms with E-state index in [1.54, 1.807) is 12.3 Å². The molecule has 7 aromatic carbocycles. The van der Waals surface area contributed by atoms with E-state index in [1.807, 2.05) is 42.5 Å². The van der Waals surface area contributed by atoms with Gasteiger partial charge in [-0.2, -0.15) is 13.2 Å². The Morgan fingerprint density at radius 1 is 0.429 bits per heavy atom. The molecule has 3 heterocycles. The molecule has 0 saturated heterocycles. The van der Waals surface area contributed by atoms with E-state index in [1.165, 1.54) is 23.3 Å². The highest BCUT2D eigenvalue weighted by Gasteiger charge is 2.32. The van der Waals surface area contributed by atoms with Gasteiger partial charge in [0.05, 0.1) is 44.7 Å². The van der Waals surface area contributed by atoms with Gasteiger partial charge in [-0.1, -0.05) is 108 Å². The molecule has 0 atom stereocenters. The summed E-state index contributed by atoms with van der Waals surface area (Å²) in [4.78, 5) is 4.91. The van der Waals surface area contributed by atoms with Crippen molar-refractivity contribution >= 4 is 43.6 Å². The van der Waals surface area contributed by atoms with Crippen LogP contribution in [0.5, 0.6) is 0 Å². The van der Waals surface area contributed by atoms with Gasteiger partial charge < -0.3 is 9.13 Å². The van der Waals surface area contributed by atoms with Crippen LogP contribution in [0.4, 0.5) is 13.2 Å². The molecule has 10 rings (SSSR count). The third-order valence-corrected chi connectivity index (χ3v) is 11.0. The van der Waals surface area contributed by atoms with Crippen molar-refractivity contribution in [2.75, 3.05) is 0 Å². The molecule has 0 N–H and O–H groups in total. The molecule has 0 amide bonds. The number of pyridine rings is 1. The van der Waals surface area contributed by atoms with Crippen LogP contribution in [0.1, 0.15) is 16.7 Å². The lowest BCUT2D eigenvalue weighted by atomic mass is 10.0. The number of aromatic nitrogens is 3. The first kappa shape index (κ1) is 33.6. The van der Waals surface area contributed by atoms with Crippen LogP contribution in [0.2, 0.25) is 0 Å². The average molecular weight is 734 g/mol. The molecule has 0 bridgehead atoms. The van der Waals surface area contributed by atoms with Crippen molar-refractivity contribution in [3.8, 4) is 44.9 Å². The Labute approximate surface area is 321 Å². The largest absolute Gasteiger partial charge is 0.416 e. The molecule has 10 aromatic rings. The van der Waals surface area contributed by atoms with Gasteiger partial charge in [-0.3, -0.25) is 4.98 Å². The maximum Gasteiger partial charge on any atom is 0.416 e. The van der Waals surface area contributed by atoms with Crippen LogP contribution in [0.3, 0.4) is 0 Å². The summed E-state index contributed by atoms with van der Waals surface area (Å²) in [6.07, 6.45) is -2.91. The van der Waals surface area contributed by atoms with Crippen LogP contribution >= 0.6 is 0 Å². The Morgan fingerprint density at radius 2 is 0.911 bits per heavy atom. The predicted molar refractivity (Wildman–Crippen MR) is 224 cm³/mol. The zero-order valence-corrected chi connectivity index (χ0v) is 30.6. The second-order valence-corrected chi connectivity index (χ2v) is 14.5. The summed E-state index contributed by atoms with van der Waals surface area (Å²) in [5, 5.41) is 4.11. The molecule has 0 aliphatic heterocycles. The molecular weight excluding hydrogens is 700 g/mol. The summed E-state index contributed by atoms with van der Waals surface area (Å²) in [7, 11) is 0. The first-order valence-electron chi connectivity index (χ1n) is 18.6. The molecule has 0 unspecified atom stereocenters. The molecular formula is C50H34F3N3. The predicted octanol–water partition coefficient (Wildman–Crippen LogP) is 13.9. The van der Waals surface area contributed by atoms with Crippen molar-refractivity contribution in [1.29, 1.82) is 0 Å². The lowest BCUT2D eigenvalue weighted by Crippen LogP contribution is -2.08. The van der Waals surface area contributed by atoms with Gasteiger partial charge in [-0.05, 0) is 103 Å². The Hall–Kier alpha value is -6.92. The number of fused-ring (bicyclic) bond motifs is 6. The van der Waals surface area contributed by atoms with Gasteiger partial charge in [-0.15, -0.1) is 0 Å². The first-order chi connectivity index (χ1) is 27.2. The van der Waals surface area contributed by atoms with E-state index in [0.29, 0.717) is 22.6 Å². The summed E-state index contributed by atoms with van der Waals surface area (Å²) in [5.74, 6) is 0. The minimum Gasteiger partial charge on any atom is -0.309 e. The van der Waals surface area contributed by atoms with Crippen LogP contribution < -0.4 is 0 Å². The molecule has 270 valence electrons. The van der Waals surface area contributed by atoms with Crippen molar-refractivity contribution < 1.29 is 13.2 Å². The van der Waals surface area contributed by atoms with E-state index < -0.39 is 11.7 Å². The monoisotopic (exact) mass is 733 g/mol. The van der Waals surface area contributed by atoms with Crippen LogP contribution in [-0.2, 0) is 6.18 Å². The van der Waals surface area contributed by atoms with Crippen molar-refractivity contribution in [1.82, 2.24) is 14.1 Å². The van der Waals surface area contributed by atoms with Crippen LogP contribution in [0.15, 0.2) is 170 Å². The normalized spacial score (nSPS) is 12.0. The van der Waals surface area contributed by atoms with E-state index in [4.69, 9.17) is 4.98 Å². The molecule has 0 saturated carbocycles. The highest BCUT2D eigenvalue weighted by molar-refractivity contribution is 6.12. The van der Waals surface area contributed by atoms with Gasteiger partial charge in [0.25, 0.3) is 0 Å². The van der Waals surface area contributed by atoms with Crippen LogP contribution in [-0.4, -0.2) is 14.1 Å². The number of benzene rings is 7. The zero-order valence-electron chi connectivity index (χ0n) is 30.6. The molecule has 6 heteroatoms. The second-order valence-electron chi connectivity index (χ2n) is 14.5. The Kier molecular flexibility index (Phi) is 7.72. The summed E-state index contributed by atoms with van der Waals surface area (Å²) in [6.45, 7) is 4.14. The minimum absolute atomic E-state index is 0.378. The fourth-order valence-corrected chi connectivity index (χ4v) is 8.20. The summed E-state index contributed by atoms with van der Waals surface area (Å²) < 4.78 is 48.2. The highest BCUT2D eigenvalue weighted by Crippen LogP contribution is 2.43. The Balaban J connectivity index is 1.23. The number of alkyl halides is 3. The number of halogens is 3. The van der Waals surface area contributed by atoms with Gasteiger partial charge in [0, 0.05) is 33.3 Å². The highest BCUT2D eigenvalue weighted by atomic mass is 19.4. The third kappa shape index (κ3) is 5.48. The SMILES string of the molecule is Cc1ccc(-c2ccc3c(c2)c2ccccc2n3-c2ccc(C(F)(F)F)cc2-c2ncccc2-n2c3ccccc3c3cc(-c4ccc(C)cc4)ccc32)cc1. The molecule has 3 nitrogen and oxygen atoms in total. The number of hydrogen-bond acceptors (Lipinski definition) is 1. The summed E-state index contributed by atoms with van der Waals surface area (Å²) >= 11 is 0.